The second kappa shape index (κ2) is 6.74. The van der Waals surface area contributed by atoms with Crippen LogP contribution in [-0.4, -0.2) is 23.5 Å². The summed E-state index contributed by atoms with van der Waals surface area (Å²) < 4.78 is 0. The minimum atomic E-state index is -0.730. The molecule has 1 heterocycles. The van der Waals surface area contributed by atoms with Crippen molar-refractivity contribution >= 4 is 17.6 Å². The van der Waals surface area contributed by atoms with Gasteiger partial charge in [-0.1, -0.05) is 26.0 Å². The Hall–Kier alpha value is -1.84. The van der Waals surface area contributed by atoms with Gasteiger partial charge in [-0.05, 0) is 42.9 Å². The largest absolute Gasteiger partial charge is 0.481 e. The van der Waals surface area contributed by atoms with Crippen LogP contribution in [0.25, 0.3) is 0 Å². The highest BCUT2D eigenvalue weighted by atomic mass is 16.4. The van der Waals surface area contributed by atoms with Crippen molar-refractivity contribution in [2.24, 2.45) is 5.92 Å². The van der Waals surface area contributed by atoms with Gasteiger partial charge in [0, 0.05) is 24.6 Å². The zero-order chi connectivity index (χ0) is 15.4. The first kappa shape index (κ1) is 15.5. The van der Waals surface area contributed by atoms with Crippen molar-refractivity contribution in [3.05, 3.63) is 29.3 Å². The number of carboxylic acids is 1. The predicted octanol–water partition coefficient (Wildman–Crippen LogP) is 3.03. The molecule has 1 aromatic rings. The molecule has 1 N–H and O–H groups in total. The number of aryl methyl sites for hydroxylation is 1. The third-order valence-corrected chi connectivity index (χ3v) is 3.91. The van der Waals surface area contributed by atoms with E-state index in [0.29, 0.717) is 6.42 Å². The molecular formula is C17H23NO3. The number of carbonyl (C=O) groups is 2. The molecule has 0 fully saturated rings. The van der Waals surface area contributed by atoms with Gasteiger partial charge in [-0.2, -0.15) is 0 Å². The van der Waals surface area contributed by atoms with Crippen molar-refractivity contribution in [2.75, 3.05) is 11.4 Å². The zero-order valence-electron chi connectivity index (χ0n) is 12.8. The van der Waals surface area contributed by atoms with Crippen LogP contribution >= 0.6 is 0 Å². The first-order valence-electron chi connectivity index (χ1n) is 7.64. The lowest BCUT2D eigenvalue weighted by molar-refractivity contribution is -0.137. The number of carbonyl (C=O) groups excluding carboxylic acids is 1. The molecule has 114 valence electrons. The summed E-state index contributed by atoms with van der Waals surface area (Å²) in [6.45, 7) is 4.63. The third kappa shape index (κ3) is 3.84. The monoisotopic (exact) mass is 289 g/mol. The number of hydrogen-bond donors (Lipinski definition) is 1. The standard InChI is InChI=1S/C17H23NO3/c1-12(2)17(21)18-10-9-14-11-13(7-8-15(14)18)5-3-4-6-16(19)20/h7-8,11-12H,3-6,9-10H2,1-2H3,(H,19,20). The normalized spacial score (nSPS) is 13.6. The summed E-state index contributed by atoms with van der Waals surface area (Å²) in [6, 6.07) is 6.27. The van der Waals surface area contributed by atoms with Crippen LogP contribution in [0.2, 0.25) is 0 Å². The van der Waals surface area contributed by atoms with Gasteiger partial charge >= 0.3 is 5.97 Å². The Morgan fingerprint density at radius 3 is 2.71 bits per heavy atom. The molecule has 1 aliphatic rings. The fourth-order valence-electron chi connectivity index (χ4n) is 2.76. The van der Waals surface area contributed by atoms with Gasteiger partial charge in [-0.25, -0.2) is 0 Å². The number of benzene rings is 1. The summed E-state index contributed by atoms with van der Waals surface area (Å²) in [4.78, 5) is 24.5. The van der Waals surface area contributed by atoms with Crippen molar-refractivity contribution < 1.29 is 14.7 Å². The topological polar surface area (TPSA) is 57.6 Å². The van der Waals surface area contributed by atoms with Crippen LogP contribution in [0.5, 0.6) is 0 Å². The van der Waals surface area contributed by atoms with Crippen LogP contribution < -0.4 is 4.90 Å². The fraction of sp³-hybridized carbons (Fsp3) is 0.529. The Balaban J connectivity index is 1.98. The Morgan fingerprint density at radius 2 is 2.05 bits per heavy atom. The highest BCUT2D eigenvalue weighted by Crippen LogP contribution is 2.30. The molecule has 0 saturated carbocycles. The van der Waals surface area contributed by atoms with Crippen molar-refractivity contribution in [1.29, 1.82) is 0 Å². The minimum Gasteiger partial charge on any atom is -0.481 e. The van der Waals surface area contributed by atoms with Crippen molar-refractivity contribution in [1.82, 2.24) is 0 Å². The van der Waals surface area contributed by atoms with E-state index in [2.05, 4.69) is 12.1 Å². The van der Waals surface area contributed by atoms with Gasteiger partial charge in [0.15, 0.2) is 0 Å². The summed E-state index contributed by atoms with van der Waals surface area (Å²) in [6.07, 6.45) is 3.65. The van der Waals surface area contributed by atoms with Crippen molar-refractivity contribution in [2.45, 2.75) is 46.0 Å². The molecule has 0 radical (unpaired) electrons. The fourth-order valence-corrected chi connectivity index (χ4v) is 2.76. The smallest absolute Gasteiger partial charge is 0.303 e. The van der Waals surface area contributed by atoms with Crippen LogP contribution in [-0.2, 0) is 22.4 Å². The summed E-state index contributed by atoms with van der Waals surface area (Å²) in [7, 11) is 0. The van der Waals surface area contributed by atoms with E-state index in [1.165, 1.54) is 11.1 Å². The van der Waals surface area contributed by atoms with E-state index >= 15 is 0 Å². The molecule has 1 aromatic carbocycles. The number of rotatable bonds is 6. The molecule has 4 heteroatoms. The van der Waals surface area contributed by atoms with Gasteiger partial charge in [-0.3, -0.25) is 9.59 Å². The first-order valence-corrected chi connectivity index (χ1v) is 7.64. The molecule has 0 aliphatic carbocycles. The number of amides is 1. The Morgan fingerprint density at radius 1 is 1.29 bits per heavy atom. The predicted molar refractivity (Wildman–Crippen MR) is 82.5 cm³/mol. The lowest BCUT2D eigenvalue weighted by Gasteiger charge is -2.19. The molecule has 1 amide bonds. The van der Waals surface area contributed by atoms with Gasteiger partial charge in [-0.15, -0.1) is 0 Å². The lowest BCUT2D eigenvalue weighted by Crippen LogP contribution is -2.32. The molecular weight excluding hydrogens is 266 g/mol. The van der Waals surface area contributed by atoms with Crippen LogP contribution in [0, 0.1) is 5.92 Å². The number of carboxylic acid groups (broad SMARTS) is 1. The van der Waals surface area contributed by atoms with Crippen LogP contribution in [0.3, 0.4) is 0 Å². The molecule has 0 aromatic heterocycles. The Bertz CT molecular complexity index is 537. The maximum Gasteiger partial charge on any atom is 0.303 e. The van der Waals surface area contributed by atoms with E-state index in [9.17, 15) is 9.59 Å². The highest BCUT2D eigenvalue weighted by molar-refractivity contribution is 5.96. The molecule has 0 unspecified atom stereocenters. The van der Waals surface area contributed by atoms with Crippen LogP contribution in [0.15, 0.2) is 18.2 Å². The second-order valence-corrected chi connectivity index (χ2v) is 5.96. The number of hydrogen-bond acceptors (Lipinski definition) is 2. The number of nitrogens with zero attached hydrogens (tertiary/aromatic N) is 1. The molecule has 21 heavy (non-hydrogen) atoms. The number of unbranched alkanes of at least 4 members (excludes halogenated alkanes) is 1. The number of aliphatic carboxylic acids is 1. The molecule has 1 aliphatic heterocycles. The Labute approximate surface area is 125 Å². The molecule has 0 saturated heterocycles. The minimum absolute atomic E-state index is 0.0200. The molecule has 0 atom stereocenters. The second-order valence-electron chi connectivity index (χ2n) is 5.96. The van der Waals surface area contributed by atoms with Gasteiger partial charge in [0.25, 0.3) is 0 Å². The first-order chi connectivity index (χ1) is 9.99. The van der Waals surface area contributed by atoms with E-state index in [-0.39, 0.29) is 18.2 Å². The molecule has 0 bridgehead atoms. The lowest BCUT2D eigenvalue weighted by atomic mass is 10.0. The third-order valence-electron chi connectivity index (χ3n) is 3.91. The van der Waals surface area contributed by atoms with Gasteiger partial charge < -0.3 is 10.0 Å². The SMILES string of the molecule is CC(C)C(=O)N1CCc2cc(CCCCC(=O)O)ccc21. The molecule has 2 rings (SSSR count). The Kier molecular flexibility index (Phi) is 4.99. The maximum absolute atomic E-state index is 12.1. The van der Waals surface area contributed by atoms with E-state index in [1.54, 1.807) is 0 Å². The van der Waals surface area contributed by atoms with Gasteiger partial charge in [0.05, 0.1) is 0 Å². The zero-order valence-corrected chi connectivity index (χ0v) is 12.8. The maximum atomic E-state index is 12.1. The molecule has 4 nitrogen and oxygen atoms in total. The van der Waals surface area contributed by atoms with E-state index in [1.807, 2.05) is 24.8 Å². The highest BCUT2D eigenvalue weighted by Gasteiger charge is 2.26. The number of anilines is 1. The van der Waals surface area contributed by atoms with E-state index < -0.39 is 5.97 Å². The number of fused-ring (bicyclic) bond motifs is 1. The quantitative estimate of drug-likeness (QED) is 0.819. The van der Waals surface area contributed by atoms with Gasteiger partial charge in [0.1, 0.15) is 0 Å². The van der Waals surface area contributed by atoms with E-state index in [4.69, 9.17) is 5.11 Å². The van der Waals surface area contributed by atoms with Gasteiger partial charge in [0.2, 0.25) is 5.91 Å². The van der Waals surface area contributed by atoms with Crippen LogP contribution in [0.4, 0.5) is 5.69 Å². The summed E-state index contributed by atoms with van der Waals surface area (Å²) in [5, 5.41) is 8.63. The van der Waals surface area contributed by atoms with Crippen molar-refractivity contribution in [3.63, 3.8) is 0 Å². The summed E-state index contributed by atoms with van der Waals surface area (Å²) in [5.74, 6) is -0.526. The van der Waals surface area contributed by atoms with Crippen LogP contribution in [0.1, 0.15) is 44.2 Å². The van der Waals surface area contributed by atoms with E-state index in [0.717, 1.165) is 31.5 Å². The summed E-state index contributed by atoms with van der Waals surface area (Å²) in [5.41, 5.74) is 3.51. The van der Waals surface area contributed by atoms with Crippen molar-refractivity contribution in [3.8, 4) is 0 Å². The average Bonchev–Trinajstić information content (AvgIpc) is 2.85. The average molecular weight is 289 g/mol. The summed E-state index contributed by atoms with van der Waals surface area (Å²) >= 11 is 0. The molecule has 0 spiro atoms.